The molecule has 25 heavy (non-hydrogen) atoms. The van der Waals surface area contributed by atoms with Crippen LogP contribution in [0.5, 0.6) is 0 Å². The Balaban J connectivity index is 1.81. The van der Waals surface area contributed by atoms with Crippen molar-refractivity contribution in [3.05, 3.63) is 29.8 Å². The van der Waals surface area contributed by atoms with Crippen molar-refractivity contribution in [1.82, 2.24) is 10.2 Å². The largest absolute Gasteiger partial charge is 0.314 e. The molecule has 1 aliphatic carbocycles. The maximum Gasteiger partial charge on any atom is 0.273 e. The van der Waals surface area contributed by atoms with Gasteiger partial charge < -0.3 is 9.80 Å². The highest BCUT2D eigenvalue weighted by molar-refractivity contribution is 6.11. The van der Waals surface area contributed by atoms with Gasteiger partial charge in [0.05, 0.1) is 5.69 Å². The zero-order chi connectivity index (χ0) is 17.7. The fourth-order valence-electron chi connectivity index (χ4n) is 4.87. The van der Waals surface area contributed by atoms with E-state index in [1.165, 1.54) is 6.42 Å². The smallest absolute Gasteiger partial charge is 0.273 e. The van der Waals surface area contributed by atoms with Crippen molar-refractivity contribution in [1.29, 1.82) is 0 Å². The van der Waals surface area contributed by atoms with Crippen LogP contribution in [0.2, 0.25) is 0 Å². The number of nitrogens with one attached hydrogen (secondary N) is 1. The molecule has 0 bridgehead atoms. The molecule has 1 atom stereocenters. The van der Waals surface area contributed by atoms with E-state index in [-0.39, 0.29) is 11.8 Å². The molecule has 0 radical (unpaired) electrons. The third-order valence-corrected chi connectivity index (χ3v) is 6.22. The normalized spacial score (nSPS) is 27.6. The summed E-state index contributed by atoms with van der Waals surface area (Å²) in [6.45, 7) is 2.83. The Bertz CT molecular complexity index is 711. The van der Waals surface area contributed by atoms with Gasteiger partial charge in [0.1, 0.15) is 5.54 Å². The summed E-state index contributed by atoms with van der Waals surface area (Å²) < 4.78 is 0. The number of unbranched alkanes of at least 4 members (excludes halogenated alkanes) is 1. The molecule has 1 saturated carbocycles. The first kappa shape index (κ1) is 16.6. The van der Waals surface area contributed by atoms with E-state index in [1.54, 1.807) is 11.9 Å². The number of amides is 2. The van der Waals surface area contributed by atoms with Gasteiger partial charge in [-0.3, -0.25) is 14.9 Å². The van der Waals surface area contributed by atoms with Gasteiger partial charge in [0.15, 0.2) is 0 Å². The van der Waals surface area contributed by atoms with Gasteiger partial charge in [-0.1, -0.05) is 50.8 Å². The van der Waals surface area contributed by atoms with Gasteiger partial charge in [-0.05, 0) is 25.3 Å². The fourth-order valence-corrected chi connectivity index (χ4v) is 4.87. The third kappa shape index (κ3) is 2.11. The number of carbonyl (C=O) groups is 2. The first-order valence-electron chi connectivity index (χ1n) is 9.56. The van der Waals surface area contributed by atoms with Gasteiger partial charge in [-0.15, -0.1) is 0 Å². The molecule has 2 spiro atoms. The Kier molecular flexibility index (Phi) is 3.87. The monoisotopic (exact) mass is 341 g/mol. The summed E-state index contributed by atoms with van der Waals surface area (Å²) in [6, 6.07) is 7.93. The number of rotatable bonds is 3. The van der Waals surface area contributed by atoms with Gasteiger partial charge in [0, 0.05) is 19.2 Å². The average Bonchev–Trinajstić information content (AvgIpc) is 3.00. The van der Waals surface area contributed by atoms with Crippen LogP contribution in [0.4, 0.5) is 5.69 Å². The lowest BCUT2D eigenvalue weighted by atomic mass is 9.81. The van der Waals surface area contributed by atoms with E-state index in [0.717, 1.165) is 49.8 Å². The Morgan fingerprint density at radius 3 is 2.52 bits per heavy atom. The molecule has 5 nitrogen and oxygen atoms in total. The van der Waals surface area contributed by atoms with E-state index in [0.29, 0.717) is 6.54 Å². The van der Waals surface area contributed by atoms with Crippen LogP contribution in [0.1, 0.15) is 57.4 Å². The van der Waals surface area contributed by atoms with Gasteiger partial charge in [-0.2, -0.15) is 0 Å². The molecule has 1 aromatic rings. The minimum Gasteiger partial charge on any atom is -0.314 e. The van der Waals surface area contributed by atoms with Crippen LogP contribution in [-0.4, -0.2) is 35.8 Å². The molecule has 1 N–H and O–H groups in total. The lowest BCUT2D eigenvalue weighted by Crippen LogP contribution is -2.58. The molecule has 2 amide bonds. The van der Waals surface area contributed by atoms with Crippen molar-refractivity contribution < 1.29 is 9.59 Å². The molecule has 2 aliphatic heterocycles. The third-order valence-electron chi connectivity index (χ3n) is 6.22. The fraction of sp³-hybridized carbons (Fsp3) is 0.600. The number of likely N-dealkylation sites (N-methyl/N-ethyl adjacent to an activating group) is 1. The second kappa shape index (κ2) is 5.84. The number of hydrogen-bond donors (Lipinski definition) is 1. The van der Waals surface area contributed by atoms with Crippen LogP contribution in [0.3, 0.4) is 0 Å². The van der Waals surface area contributed by atoms with Crippen molar-refractivity contribution in [2.45, 2.75) is 63.1 Å². The predicted molar refractivity (Wildman–Crippen MR) is 97.1 cm³/mol. The van der Waals surface area contributed by atoms with E-state index < -0.39 is 11.2 Å². The van der Waals surface area contributed by atoms with Crippen molar-refractivity contribution in [2.75, 3.05) is 18.5 Å². The first-order chi connectivity index (χ1) is 12.1. The maximum atomic E-state index is 13.5. The highest BCUT2D eigenvalue weighted by atomic mass is 16.2. The molecule has 3 aliphatic rings. The second-order valence-electron chi connectivity index (χ2n) is 7.67. The standard InChI is InChI=1S/C20H27N3O2/c1-3-4-14-23-16-11-7-6-10-15(16)20(18(23)25)21-19(17(24)22(20)2)12-8-5-9-13-19/h6-7,10-11,21H,3-5,8-9,12-14H2,1-2H3. The lowest BCUT2D eigenvalue weighted by molar-refractivity contribution is -0.140. The summed E-state index contributed by atoms with van der Waals surface area (Å²) in [4.78, 5) is 30.3. The first-order valence-corrected chi connectivity index (χ1v) is 9.56. The topological polar surface area (TPSA) is 52.7 Å². The van der Waals surface area contributed by atoms with E-state index in [1.807, 2.05) is 29.2 Å². The molecule has 134 valence electrons. The molecular formula is C20H27N3O2. The van der Waals surface area contributed by atoms with Gasteiger partial charge in [-0.25, -0.2) is 0 Å². The molecule has 2 heterocycles. The van der Waals surface area contributed by atoms with Crippen LogP contribution in [0, 0.1) is 0 Å². The van der Waals surface area contributed by atoms with Crippen molar-refractivity contribution >= 4 is 17.5 Å². The molecule has 2 fully saturated rings. The average molecular weight is 341 g/mol. The van der Waals surface area contributed by atoms with Gasteiger partial charge >= 0.3 is 0 Å². The summed E-state index contributed by atoms with van der Waals surface area (Å²) in [5.41, 5.74) is 0.269. The summed E-state index contributed by atoms with van der Waals surface area (Å²) >= 11 is 0. The molecule has 1 unspecified atom stereocenters. The van der Waals surface area contributed by atoms with E-state index >= 15 is 0 Å². The summed E-state index contributed by atoms with van der Waals surface area (Å²) in [5.74, 6) is 0.0770. The van der Waals surface area contributed by atoms with E-state index in [2.05, 4.69) is 12.2 Å². The van der Waals surface area contributed by atoms with Crippen LogP contribution >= 0.6 is 0 Å². The molecular weight excluding hydrogens is 314 g/mol. The highest BCUT2D eigenvalue weighted by Gasteiger charge is 2.65. The second-order valence-corrected chi connectivity index (χ2v) is 7.67. The number of fused-ring (bicyclic) bond motifs is 2. The van der Waals surface area contributed by atoms with Gasteiger partial charge in [0.2, 0.25) is 11.6 Å². The quantitative estimate of drug-likeness (QED) is 0.920. The van der Waals surface area contributed by atoms with Crippen LogP contribution in [0.15, 0.2) is 24.3 Å². The Hall–Kier alpha value is -1.88. The van der Waals surface area contributed by atoms with Crippen LogP contribution < -0.4 is 10.2 Å². The van der Waals surface area contributed by atoms with E-state index in [4.69, 9.17) is 0 Å². The number of para-hydroxylation sites is 1. The molecule has 5 heteroatoms. The number of hydrogen-bond acceptors (Lipinski definition) is 3. The SMILES string of the molecule is CCCCN1C(=O)C2(NC3(CCCCC3)C(=O)N2C)c2ccccc21. The molecule has 1 saturated heterocycles. The zero-order valence-corrected chi connectivity index (χ0v) is 15.2. The lowest BCUT2D eigenvalue weighted by Gasteiger charge is -2.34. The Morgan fingerprint density at radius 2 is 1.80 bits per heavy atom. The predicted octanol–water partition coefficient (Wildman–Crippen LogP) is 2.75. The zero-order valence-electron chi connectivity index (χ0n) is 15.2. The van der Waals surface area contributed by atoms with Crippen LogP contribution in [0.25, 0.3) is 0 Å². The summed E-state index contributed by atoms with van der Waals surface area (Å²) in [5, 5.41) is 3.58. The maximum absolute atomic E-state index is 13.5. The summed E-state index contributed by atoms with van der Waals surface area (Å²) in [6.07, 6.45) is 6.88. The van der Waals surface area contributed by atoms with Gasteiger partial charge in [0.25, 0.3) is 5.91 Å². The molecule has 0 aromatic heterocycles. The Labute approximate surface area is 149 Å². The van der Waals surface area contributed by atoms with Crippen molar-refractivity contribution in [3.8, 4) is 0 Å². The molecule has 4 rings (SSSR count). The highest BCUT2D eigenvalue weighted by Crippen LogP contribution is 2.49. The summed E-state index contributed by atoms with van der Waals surface area (Å²) in [7, 11) is 1.79. The Morgan fingerprint density at radius 1 is 1.08 bits per heavy atom. The van der Waals surface area contributed by atoms with Crippen molar-refractivity contribution in [2.24, 2.45) is 0 Å². The molecule has 1 aromatic carbocycles. The number of benzene rings is 1. The number of anilines is 1. The number of nitrogens with zero attached hydrogens (tertiary/aromatic N) is 2. The minimum absolute atomic E-state index is 0.000415. The van der Waals surface area contributed by atoms with E-state index in [9.17, 15) is 9.59 Å². The van der Waals surface area contributed by atoms with Crippen LogP contribution in [-0.2, 0) is 15.3 Å². The minimum atomic E-state index is -1.03. The number of carbonyl (C=O) groups excluding carboxylic acids is 2. The van der Waals surface area contributed by atoms with Crippen molar-refractivity contribution in [3.63, 3.8) is 0 Å².